The molecule has 164 valence electrons. The van der Waals surface area contributed by atoms with Crippen LogP contribution in [0.1, 0.15) is 48.1 Å². The lowest BCUT2D eigenvalue weighted by molar-refractivity contribution is 0.0894. The van der Waals surface area contributed by atoms with E-state index in [0.29, 0.717) is 29.0 Å². The number of amides is 1. The summed E-state index contributed by atoms with van der Waals surface area (Å²) in [5, 5.41) is 7.48. The zero-order chi connectivity index (χ0) is 21.6. The van der Waals surface area contributed by atoms with Crippen LogP contribution in [0.5, 0.6) is 5.75 Å². The van der Waals surface area contributed by atoms with Crippen LogP contribution in [-0.4, -0.2) is 39.2 Å². The van der Waals surface area contributed by atoms with Crippen molar-refractivity contribution >= 4 is 17.4 Å². The van der Waals surface area contributed by atoms with Crippen molar-refractivity contribution in [3.05, 3.63) is 53.6 Å². The molecule has 1 aromatic carbocycles. The summed E-state index contributed by atoms with van der Waals surface area (Å²) in [5.41, 5.74) is 1.89. The third kappa shape index (κ3) is 2.55. The summed E-state index contributed by atoms with van der Waals surface area (Å²) in [5.74, 6) is 2.63. The molecule has 4 aliphatic rings. The summed E-state index contributed by atoms with van der Waals surface area (Å²) in [6.07, 6.45) is 5.96. The molecule has 3 aromatic rings. The highest BCUT2D eigenvalue weighted by Crippen LogP contribution is 2.62. The first-order chi connectivity index (χ1) is 15.6. The first-order valence-corrected chi connectivity index (χ1v) is 11.5. The van der Waals surface area contributed by atoms with Gasteiger partial charge in [0.15, 0.2) is 5.65 Å². The number of carbonyl (C=O) groups excluding carboxylic acids is 1. The fourth-order valence-corrected chi connectivity index (χ4v) is 6.23. The van der Waals surface area contributed by atoms with Crippen molar-refractivity contribution in [2.75, 3.05) is 11.4 Å². The third-order valence-corrected chi connectivity index (χ3v) is 7.98. The lowest BCUT2D eigenvalue weighted by Gasteiger charge is -2.32. The van der Waals surface area contributed by atoms with Crippen LogP contribution in [-0.2, 0) is 0 Å². The molecule has 7 rings (SSSR count). The predicted octanol–water partition coefficient (Wildman–Crippen LogP) is 3.36. The van der Waals surface area contributed by atoms with Crippen LogP contribution in [0.15, 0.2) is 36.7 Å². The maximum atomic E-state index is 14.5. The van der Waals surface area contributed by atoms with Crippen LogP contribution in [0.3, 0.4) is 0 Å². The molecule has 1 N–H and O–H groups in total. The molecule has 1 amide bonds. The average molecular weight is 433 g/mol. The molecule has 4 heterocycles. The summed E-state index contributed by atoms with van der Waals surface area (Å²) in [6, 6.07) is 6.67. The number of ether oxygens (including phenoxy) is 1. The van der Waals surface area contributed by atoms with Crippen LogP contribution in [0.4, 0.5) is 10.2 Å². The Morgan fingerprint density at radius 1 is 1.25 bits per heavy atom. The van der Waals surface area contributed by atoms with E-state index in [1.54, 1.807) is 22.8 Å². The van der Waals surface area contributed by atoms with Gasteiger partial charge in [0.1, 0.15) is 29.1 Å². The van der Waals surface area contributed by atoms with Crippen molar-refractivity contribution in [2.45, 2.75) is 44.4 Å². The predicted molar refractivity (Wildman–Crippen MR) is 115 cm³/mol. The number of aromatic nitrogens is 3. The quantitative estimate of drug-likeness (QED) is 0.589. The van der Waals surface area contributed by atoms with Gasteiger partial charge in [-0.3, -0.25) is 4.79 Å². The van der Waals surface area contributed by atoms with E-state index < -0.39 is 0 Å². The standard InChI is InChI=1S/C24H24FN5O2/c1-12-16-11-29-20-7-8-30-23(28-20)15(10-26-30)24(31)27-17-3-2-4-19(17)32-18-6-5-13(25)9-14(18)22(29)21(12)16/h5-10,12,16-17,19,21-22H,2-4,11H2,1H3,(H,27,31)/t12-,16+,17-,19+,21-,22+/m1/s1. The molecule has 6 atom stereocenters. The maximum absolute atomic E-state index is 14.5. The van der Waals surface area contributed by atoms with Gasteiger partial charge < -0.3 is 15.0 Å². The number of piperidine rings is 1. The number of hydrogen-bond donors (Lipinski definition) is 1. The van der Waals surface area contributed by atoms with Crippen LogP contribution in [0, 0.1) is 23.6 Å². The van der Waals surface area contributed by atoms with Gasteiger partial charge in [0.25, 0.3) is 5.91 Å². The Hall–Kier alpha value is -3.16. The molecular weight excluding hydrogens is 409 g/mol. The number of rotatable bonds is 0. The largest absolute Gasteiger partial charge is 0.488 e. The number of carbonyl (C=O) groups is 1. The Morgan fingerprint density at radius 2 is 2.16 bits per heavy atom. The van der Waals surface area contributed by atoms with Crippen molar-refractivity contribution in [1.29, 1.82) is 0 Å². The van der Waals surface area contributed by atoms with E-state index in [2.05, 4.69) is 22.2 Å². The van der Waals surface area contributed by atoms with Gasteiger partial charge in [0, 0.05) is 18.3 Å². The molecule has 32 heavy (non-hydrogen) atoms. The minimum atomic E-state index is -0.258. The summed E-state index contributed by atoms with van der Waals surface area (Å²) in [7, 11) is 0. The Balaban J connectivity index is 1.44. The molecular formula is C24H24FN5O2. The molecule has 1 saturated heterocycles. The highest BCUT2D eigenvalue weighted by atomic mass is 19.1. The van der Waals surface area contributed by atoms with E-state index in [-0.39, 0.29) is 29.9 Å². The molecule has 7 nitrogen and oxygen atoms in total. The van der Waals surface area contributed by atoms with E-state index in [1.165, 1.54) is 6.07 Å². The lowest BCUT2D eigenvalue weighted by Crippen LogP contribution is -2.42. The normalized spacial score (nSPS) is 32.7. The van der Waals surface area contributed by atoms with Gasteiger partial charge in [0.05, 0.1) is 18.3 Å². The van der Waals surface area contributed by atoms with E-state index >= 15 is 0 Å². The van der Waals surface area contributed by atoms with Crippen LogP contribution >= 0.6 is 0 Å². The Bertz CT molecular complexity index is 1260. The minimum absolute atomic E-state index is 0.00807. The van der Waals surface area contributed by atoms with E-state index in [0.717, 1.165) is 42.9 Å². The Labute approximate surface area is 184 Å². The summed E-state index contributed by atoms with van der Waals surface area (Å²) in [6.45, 7) is 3.13. The van der Waals surface area contributed by atoms with Gasteiger partial charge in [-0.2, -0.15) is 5.10 Å². The second-order valence-electron chi connectivity index (χ2n) is 9.66. The molecule has 2 bridgehead atoms. The number of hydrogen-bond acceptors (Lipinski definition) is 5. The maximum Gasteiger partial charge on any atom is 0.257 e. The highest BCUT2D eigenvalue weighted by molar-refractivity contribution is 6.00. The second-order valence-corrected chi connectivity index (χ2v) is 9.66. The molecule has 2 aliphatic heterocycles. The monoisotopic (exact) mass is 433 g/mol. The van der Waals surface area contributed by atoms with Gasteiger partial charge in [-0.25, -0.2) is 13.9 Å². The number of anilines is 1. The van der Waals surface area contributed by atoms with Gasteiger partial charge in [-0.1, -0.05) is 6.92 Å². The van der Waals surface area contributed by atoms with Gasteiger partial charge >= 0.3 is 0 Å². The number of nitrogens with zero attached hydrogens (tertiary/aromatic N) is 4. The van der Waals surface area contributed by atoms with Crippen molar-refractivity contribution in [3.63, 3.8) is 0 Å². The van der Waals surface area contributed by atoms with Gasteiger partial charge in [0.2, 0.25) is 0 Å². The summed E-state index contributed by atoms with van der Waals surface area (Å²) in [4.78, 5) is 20.3. The third-order valence-electron chi connectivity index (χ3n) is 7.98. The van der Waals surface area contributed by atoms with Crippen molar-refractivity contribution in [1.82, 2.24) is 19.9 Å². The molecule has 0 spiro atoms. The zero-order valence-electron chi connectivity index (χ0n) is 17.7. The molecule has 2 saturated carbocycles. The summed E-state index contributed by atoms with van der Waals surface area (Å²) < 4.78 is 22.6. The molecule has 0 radical (unpaired) electrons. The fourth-order valence-electron chi connectivity index (χ4n) is 6.23. The lowest BCUT2D eigenvalue weighted by atomic mass is 9.99. The van der Waals surface area contributed by atoms with Crippen LogP contribution in [0.2, 0.25) is 0 Å². The zero-order valence-corrected chi connectivity index (χ0v) is 17.7. The van der Waals surface area contributed by atoms with E-state index in [9.17, 15) is 9.18 Å². The molecule has 0 unspecified atom stereocenters. The summed E-state index contributed by atoms with van der Waals surface area (Å²) >= 11 is 0. The molecule has 2 aromatic heterocycles. The average Bonchev–Trinajstić information content (AvgIpc) is 3.23. The SMILES string of the molecule is C[C@@H]1[C@@H]2CN3c4ccn5ncc(c5n4)C(=O)N[C@@H]4CCC[C@@H]4Oc4ccc(F)cc4[C@H]3[C@H]12. The first-order valence-electron chi connectivity index (χ1n) is 11.5. The first kappa shape index (κ1) is 18.4. The molecule has 2 aliphatic carbocycles. The Kier molecular flexibility index (Phi) is 3.70. The van der Waals surface area contributed by atoms with E-state index in [1.807, 2.05) is 12.3 Å². The highest BCUT2D eigenvalue weighted by Gasteiger charge is 2.60. The second kappa shape index (κ2) is 6.43. The minimum Gasteiger partial charge on any atom is -0.488 e. The fraction of sp³-hybridized carbons (Fsp3) is 0.458. The molecule has 8 heteroatoms. The Morgan fingerprint density at radius 3 is 3.06 bits per heavy atom. The number of benzene rings is 1. The van der Waals surface area contributed by atoms with Crippen LogP contribution < -0.4 is 15.0 Å². The topological polar surface area (TPSA) is 71.8 Å². The smallest absolute Gasteiger partial charge is 0.257 e. The molecule has 3 fully saturated rings. The van der Waals surface area contributed by atoms with Crippen LogP contribution in [0.25, 0.3) is 5.65 Å². The van der Waals surface area contributed by atoms with E-state index in [4.69, 9.17) is 9.72 Å². The van der Waals surface area contributed by atoms with Crippen molar-refractivity contribution in [3.8, 4) is 5.75 Å². The number of fused-ring (bicyclic) bond motifs is 8. The number of nitrogens with one attached hydrogen (secondary N) is 1. The van der Waals surface area contributed by atoms with Gasteiger partial charge in [-0.05, 0) is 61.3 Å². The van der Waals surface area contributed by atoms with Crippen molar-refractivity contribution < 1.29 is 13.9 Å². The number of halogens is 1. The van der Waals surface area contributed by atoms with Gasteiger partial charge in [-0.15, -0.1) is 0 Å². The van der Waals surface area contributed by atoms with Crippen molar-refractivity contribution in [2.24, 2.45) is 17.8 Å².